The van der Waals surface area contributed by atoms with E-state index in [1.807, 2.05) is 0 Å². The Morgan fingerprint density at radius 3 is 2.44 bits per heavy atom. The highest BCUT2D eigenvalue weighted by molar-refractivity contribution is 5.94. The molecule has 0 spiro atoms. The van der Waals surface area contributed by atoms with Crippen LogP contribution in [-0.2, 0) is 11.2 Å². The second-order valence-electron chi connectivity index (χ2n) is 9.91. The molecule has 2 aliphatic heterocycles. The topological polar surface area (TPSA) is 85.4 Å². The molecule has 1 aliphatic carbocycles. The van der Waals surface area contributed by atoms with Crippen molar-refractivity contribution in [2.45, 2.75) is 37.4 Å². The molecule has 0 aromatic heterocycles. The second-order valence-corrected chi connectivity index (χ2v) is 9.91. The number of aryl methyl sites for hydroxylation is 1. The lowest BCUT2D eigenvalue weighted by Gasteiger charge is -2.43. The maximum absolute atomic E-state index is 13.4. The molecule has 8 nitrogen and oxygen atoms in total. The number of nitrogens with one attached hydrogen (secondary N) is 1. The quantitative estimate of drug-likeness (QED) is 0.619. The number of nitrogens with zero attached hydrogens (tertiary/aromatic N) is 3. The molecule has 0 radical (unpaired) electrons. The first kappa shape index (κ1) is 24.5. The summed E-state index contributed by atoms with van der Waals surface area (Å²) in [5, 5.41) is 12.9. The highest BCUT2D eigenvalue weighted by Crippen LogP contribution is 2.35. The summed E-state index contributed by atoms with van der Waals surface area (Å²) in [4.78, 5) is 31.3. The van der Waals surface area contributed by atoms with E-state index < -0.39 is 24.0 Å². The Labute approximate surface area is 210 Å². The zero-order valence-corrected chi connectivity index (χ0v) is 20.5. The van der Waals surface area contributed by atoms with Crippen LogP contribution in [0.15, 0.2) is 42.5 Å². The number of piperazine rings is 1. The Hall–Kier alpha value is -3.17. The third kappa shape index (κ3) is 5.03. The minimum absolute atomic E-state index is 0.339. The number of anilines is 1. The molecule has 2 aromatic carbocycles. The van der Waals surface area contributed by atoms with Crippen LogP contribution in [0.2, 0.25) is 0 Å². The first-order valence-corrected chi connectivity index (χ1v) is 12.6. The monoisotopic (exact) mass is 496 g/mol. The van der Waals surface area contributed by atoms with Crippen LogP contribution in [0, 0.1) is 5.82 Å². The van der Waals surface area contributed by atoms with E-state index in [1.54, 1.807) is 7.05 Å². The highest BCUT2D eigenvalue weighted by Gasteiger charge is 2.35. The fourth-order valence-electron chi connectivity index (χ4n) is 5.51. The average molecular weight is 497 g/mol. The summed E-state index contributed by atoms with van der Waals surface area (Å²) in [6.45, 7) is 5.38. The van der Waals surface area contributed by atoms with Crippen molar-refractivity contribution in [3.63, 3.8) is 0 Å². The Morgan fingerprint density at radius 1 is 1.08 bits per heavy atom. The van der Waals surface area contributed by atoms with Gasteiger partial charge in [-0.25, -0.2) is 9.18 Å². The van der Waals surface area contributed by atoms with E-state index in [4.69, 9.17) is 4.74 Å². The summed E-state index contributed by atoms with van der Waals surface area (Å²) in [7, 11) is 1.56. The molecule has 2 atom stereocenters. The predicted octanol–water partition coefficient (Wildman–Crippen LogP) is 3.13. The molecule has 0 saturated carbocycles. The molecule has 2 heterocycles. The lowest BCUT2D eigenvalue weighted by Crippen LogP contribution is -2.56. The van der Waals surface area contributed by atoms with Crippen molar-refractivity contribution in [3.05, 3.63) is 65.0 Å². The van der Waals surface area contributed by atoms with Gasteiger partial charge in [0.05, 0.1) is 31.3 Å². The fourth-order valence-corrected chi connectivity index (χ4v) is 5.51. The number of carboxylic acid groups (broad SMARTS) is 1. The van der Waals surface area contributed by atoms with Crippen LogP contribution in [0.3, 0.4) is 0 Å². The van der Waals surface area contributed by atoms with Gasteiger partial charge in [-0.2, -0.15) is 0 Å². The lowest BCUT2D eigenvalue weighted by atomic mass is 9.94. The van der Waals surface area contributed by atoms with Crippen LogP contribution in [0.25, 0.3) is 0 Å². The van der Waals surface area contributed by atoms with Crippen LogP contribution >= 0.6 is 0 Å². The second kappa shape index (κ2) is 10.4. The van der Waals surface area contributed by atoms with Gasteiger partial charge in [0.15, 0.2) is 0 Å². The van der Waals surface area contributed by atoms with E-state index >= 15 is 0 Å². The van der Waals surface area contributed by atoms with Crippen molar-refractivity contribution in [3.8, 4) is 0 Å². The number of hydrogen-bond donors (Lipinski definition) is 2. The molecule has 0 bridgehead atoms. The molecule has 3 aliphatic rings. The molecule has 9 heteroatoms. The summed E-state index contributed by atoms with van der Waals surface area (Å²) < 4.78 is 18.8. The van der Waals surface area contributed by atoms with Crippen molar-refractivity contribution in [1.82, 2.24) is 15.1 Å². The molecular formula is C27H33FN4O4. The largest absolute Gasteiger partial charge is 0.465 e. The minimum Gasteiger partial charge on any atom is -0.465 e. The third-order valence-corrected chi connectivity index (χ3v) is 7.80. The first-order valence-electron chi connectivity index (χ1n) is 12.6. The highest BCUT2D eigenvalue weighted by atomic mass is 19.1. The molecule has 2 N–H and O–H groups in total. The van der Waals surface area contributed by atoms with Gasteiger partial charge in [0.1, 0.15) is 5.82 Å². The first-order chi connectivity index (χ1) is 17.4. The normalized spacial score (nSPS) is 22.8. The van der Waals surface area contributed by atoms with Gasteiger partial charge >= 0.3 is 6.09 Å². The van der Waals surface area contributed by atoms with Crippen molar-refractivity contribution in [2.24, 2.45) is 0 Å². The number of amides is 2. The van der Waals surface area contributed by atoms with Crippen LogP contribution in [-0.4, -0.2) is 85.4 Å². The zero-order chi connectivity index (χ0) is 25.2. The number of benzene rings is 2. The van der Waals surface area contributed by atoms with Gasteiger partial charge in [0, 0.05) is 44.5 Å². The van der Waals surface area contributed by atoms with Gasteiger partial charge in [-0.1, -0.05) is 6.07 Å². The lowest BCUT2D eigenvalue weighted by molar-refractivity contribution is -0.0660. The molecule has 192 valence electrons. The van der Waals surface area contributed by atoms with E-state index in [0.29, 0.717) is 18.0 Å². The Kier molecular flexibility index (Phi) is 7.11. The summed E-state index contributed by atoms with van der Waals surface area (Å²) in [6.07, 6.45) is 1.23. The molecule has 0 unspecified atom stereocenters. The van der Waals surface area contributed by atoms with E-state index in [-0.39, 0.29) is 5.91 Å². The standard InChI is InChI=1S/C27H33FN4O4/c1-30(27(34)35)24-4-2-3-18-7-10-21(31-11-13-32(14-12-31)22-16-36-17-22)15-23(18)25(24)29-26(33)19-5-8-20(28)9-6-19/h5-10,15,22,24-25H,2-4,11-14,16-17H2,1H3,(H,29,33)(H,34,35)/t24-,25-/m0/s1. The van der Waals surface area contributed by atoms with Gasteiger partial charge in [0.2, 0.25) is 0 Å². The van der Waals surface area contributed by atoms with Gasteiger partial charge in [-0.05, 0) is 66.8 Å². The van der Waals surface area contributed by atoms with Crippen molar-refractivity contribution >= 4 is 17.7 Å². The predicted molar refractivity (Wildman–Crippen MR) is 134 cm³/mol. The van der Waals surface area contributed by atoms with Gasteiger partial charge in [-0.15, -0.1) is 0 Å². The number of hydrogen-bond acceptors (Lipinski definition) is 5. The molecular weight excluding hydrogens is 463 g/mol. The number of carbonyl (C=O) groups excluding carboxylic acids is 1. The Balaban J connectivity index is 1.43. The van der Waals surface area contributed by atoms with Crippen LogP contribution in [0.4, 0.5) is 14.9 Å². The summed E-state index contributed by atoms with van der Waals surface area (Å²) in [5.41, 5.74) is 3.49. The summed E-state index contributed by atoms with van der Waals surface area (Å²) >= 11 is 0. The summed E-state index contributed by atoms with van der Waals surface area (Å²) in [5.74, 6) is -0.761. The fraction of sp³-hybridized carbons (Fsp3) is 0.481. The molecule has 2 aromatic rings. The number of ether oxygens (including phenoxy) is 1. The Morgan fingerprint density at radius 2 is 1.81 bits per heavy atom. The zero-order valence-electron chi connectivity index (χ0n) is 20.5. The van der Waals surface area contributed by atoms with Crippen LogP contribution < -0.4 is 10.2 Å². The maximum atomic E-state index is 13.4. The molecule has 2 saturated heterocycles. The van der Waals surface area contributed by atoms with Crippen LogP contribution in [0.5, 0.6) is 0 Å². The van der Waals surface area contributed by atoms with Crippen molar-refractivity contribution in [2.75, 3.05) is 51.3 Å². The van der Waals surface area contributed by atoms with Gasteiger partial charge < -0.3 is 25.0 Å². The van der Waals surface area contributed by atoms with Crippen LogP contribution in [0.1, 0.15) is 40.4 Å². The molecule has 2 amide bonds. The van der Waals surface area contributed by atoms with Crippen molar-refractivity contribution in [1.29, 1.82) is 0 Å². The number of rotatable bonds is 5. The number of carbonyl (C=O) groups is 2. The average Bonchev–Trinajstić information content (AvgIpc) is 3.02. The maximum Gasteiger partial charge on any atom is 0.407 e. The number of halogens is 1. The van der Waals surface area contributed by atoms with Gasteiger partial charge in [-0.3, -0.25) is 9.69 Å². The van der Waals surface area contributed by atoms with E-state index in [0.717, 1.165) is 69.0 Å². The number of likely N-dealkylation sites (N-methyl/N-ethyl adjacent to an activating group) is 1. The minimum atomic E-state index is -1.03. The van der Waals surface area contributed by atoms with E-state index in [9.17, 15) is 19.1 Å². The van der Waals surface area contributed by atoms with E-state index in [1.165, 1.54) is 29.2 Å². The van der Waals surface area contributed by atoms with Gasteiger partial charge in [0.25, 0.3) is 5.91 Å². The van der Waals surface area contributed by atoms with E-state index in [2.05, 4.69) is 33.3 Å². The third-order valence-electron chi connectivity index (χ3n) is 7.80. The smallest absolute Gasteiger partial charge is 0.407 e. The Bertz CT molecular complexity index is 1100. The number of fused-ring (bicyclic) bond motifs is 1. The van der Waals surface area contributed by atoms with Crippen molar-refractivity contribution < 1.29 is 23.8 Å². The molecule has 36 heavy (non-hydrogen) atoms. The molecule has 2 fully saturated rings. The summed E-state index contributed by atoms with van der Waals surface area (Å²) in [6, 6.07) is 11.4. The SMILES string of the molecule is CN(C(=O)O)[C@H]1CCCc2ccc(N3CCN(C4COC4)CC3)cc2[C@@H]1NC(=O)c1ccc(F)cc1. The molecule has 5 rings (SSSR count).